The van der Waals surface area contributed by atoms with Crippen molar-refractivity contribution in [3.63, 3.8) is 0 Å². The van der Waals surface area contributed by atoms with Gasteiger partial charge >= 0.3 is 0 Å². The molecule has 4 heteroatoms. The molecular formula is C10H20N2O2. The first kappa shape index (κ1) is 11.5. The van der Waals surface area contributed by atoms with E-state index in [4.69, 9.17) is 10.5 Å². The van der Waals surface area contributed by atoms with E-state index in [2.05, 4.69) is 0 Å². The normalized spacial score (nSPS) is 20.9. The molecule has 0 unspecified atom stereocenters. The zero-order chi connectivity index (χ0) is 10.6. The van der Waals surface area contributed by atoms with Crippen molar-refractivity contribution in [1.82, 2.24) is 4.90 Å². The number of methoxy groups -OCH3 is 1. The van der Waals surface area contributed by atoms with Crippen LogP contribution in [0.1, 0.15) is 19.8 Å². The van der Waals surface area contributed by atoms with Crippen LogP contribution in [0.5, 0.6) is 0 Å². The fourth-order valence-electron chi connectivity index (χ4n) is 1.84. The number of carbonyl (C=O) groups is 1. The van der Waals surface area contributed by atoms with Crippen molar-refractivity contribution < 1.29 is 9.53 Å². The van der Waals surface area contributed by atoms with Gasteiger partial charge in [-0.05, 0) is 25.7 Å². The first-order valence-corrected chi connectivity index (χ1v) is 5.18. The predicted octanol–water partition coefficient (Wildman–Crippen LogP) is 0.219. The minimum atomic E-state index is -0.367. The monoisotopic (exact) mass is 200 g/mol. The van der Waals surface area contributed by atoms with Gasteiger partial charge in [-0.1, -0.05) is 0 Å². The molecule has 0 spiro atoms. The molecule has 0 aliphatic carbocycles. The molecule has 1 aliphatic heterocycles. The summed E-state index contributed by atoms with van der Waals surface area (Å²) in [6, 6.07) is -0.367. The molecule has 1 heterocycles. The summed E-state index contributed by atoms with van der Waals surface area (Å²) in [7, 11) is 1.72. The molecule has 1 fully saturated rings. The maximum Gasteiger partial charge on any atom is 0.239 e. The quantitative estimate of drug-likeness (QED) is 0.709. The van der Waals surface area contributed by atoms with E-state index < -0.39 is 0 Å². The van der Waals surface area contributed by atoms with Gasteiger partial charge in [0.25, 0.3) is 0 Å². The summed E-state index contributed by atoms with van der Waals surface area (Å²) in [6.07, 6.45) is 2.07. The van der Waals surface area contributed by atoms with Crippen LogP contribution in [0.2, 0.25) is 0 Å². The van der Waals surface area contributed by atoms with Gasteiger partial charge in [-0.3, -0.25) is 4.79 Å². The van der Waals surface area contributed by atoms with Gasteiger partial charge in [-0.25, -0.2) is 0 Å². The van der Waals surface area contributed by atoms with Crippen molar-refractivity contribution in [3.8, 4) is 0 Å². The van der Waals surface area contributed by atoms with E-state index in [9.17, 15) is 4.79 Å². The van der Waals surface area contributed by atoms with Crippen LogP contribution in [0.3, 0.4) is 0 Å². The lowest BCUT2D eigenvalue weighted by molar-refractivity contribution is -0.133. The highest BCUT2D eigenvalue weighted by molar-refractivity contribution is 5.81. The van der Waals surface area contributed by atoms with Crippen LogP contribution in [0.4, 0.5) is 0 Å². The smallest absolute Gasteiger partial charge is 0.239 e. The van der Waals surface area contributed by atoms with E-state index in [1.54, 1.807) is 14.0 Å². The first-order valence-electron chi connectivity index (χ1n) is 5.18. The number of ether oxygens (including phenoxy) is 1. The summed E-state index contributed by atoms with van der Waals surface area (Å²) in [5, 5.41) is 0. The third-order valence-electron chi connectivity index (χ3n) is 2.72. The number of carbonyl (C=O) groups excluding carboxylic acids is 1. The zero-order valence-electron chi connectivity index (χ0n) is 9.03. The Labute approximate surface area is 85.4 Å². The molecular weight excluding hydrogens is 180 g/mol. The second-order valence-corrected chi connectivity index (χ2v) is 4.01. The van der Waals surface area contributed by atoms with Gasteiger partial charge in [-0.15, -0.1) is 0 Å². The van der Waals surface area contributed by atoms with Crippen LogP contribution >= 0.6 is 0 Å². The van der Waals surface area contributed by atoms with Gasteiger partial charge in [0.2, 0.25) is 5.91 Å². The Hall–Kier alpha value is -0.610. The molecule has 82 valence electrons. The summed E-state index contributed by atoms with van der Waals surface area (Å²) in [4.78, 5) is 13.4. The molecule has 0 saturated carbocycles. The Bertz CT molecular complexity index is 187. The lowest BCUT2D eigenvalue weighted by atomic mass is 9.97. The molecule has 1 rings (SSSR count). The van der Waals surface area contributed by atoms with Crippen LogP contribution in [-0.4, -0.2) is 43.7 Å². The van der Waals surface area contributed by atoms with E-state index in [1.807, 2.05) is 4.90 Å². The van der Waals surface area contributed by atoms with Crippen molar-refractivity contribution in [3.05, 3.63) is 0 Å². The van der Waals surface area contributed by atoms with Crippen molar-refractivity contribution in [1.29, 1.82) is 0 Å². The standard InChI is InChI=1S/C10H20N2O2/c1-8(11)10(13)12-5-3-9(4-6-12)7-14-2/h8-9H,3-7,11H2,1-2H3/t8-/m0/s1. The number of nitrogens with zero attached hydrogens (tertiary/aromatic N) is 1. The Balaban J connectivity index is 2.32. The van der Waals surface area contributed by atoms with Crippen molar-refractivity contribution in [2.24, 2.45) is 11.7 Å². The van der Waals surface area contributed by atoms with Crippen molar-refractivity contribution in [2.45, 2.75) is 25.8 Å². The third kappa shape index (κ3) is 2.96. The topological polar surface area (TPSA) is 55.6 Å². The van der Waals surface area contributed by atoms with Gasteiger partial charge in [0, 0.05) is 26.8 Å². The fourth-order valence-corrected chi connectivity index (χ4v) is 1.84. The van der Waals surface area contributed by atoms with Gasteiger partial charge in [0.1, 0.15) is 0 Å². The number of piperidine rings is 1. The minimum Gasteiger partial charge on any atom is -0.384 e. The highest BCUT2D eigenvalue weighted by Crippen LogP contribution is 2.17. The largest absolute Gasteiger partial charge is 0.384 e. The summed E-state index contributed by atoms with van der Waals surface area (Å²) in [5.74, 6) is 0.679. The number of rotatable bonds is 3. The highest BCUT2D eigenvalue weighted by atomic mass is 16.5. The second-order valence-electron chi connectivity index (χ2n) is 4.01. The number of hydrogen-bond acceptors (Lipinski definition) is 3. The van der Waals surface area contributed by atoms with E-state index in [0.29, 0.717) is 5.92 Å². The highest BCUT2D eigenvalue weighted by Gasteiger charge is 2.24. The molecule has 0 radical (unpaired) electrons. The molecule has 0 bridgehead atoms. The molecule has 0 aromatic heterocycles. The Morgan fingerprint density at radius 1 is 1.57 bits per heavy atom. The SMILES string of the molecule is COCC1CCN(C(=O)[C@H](C)N)CC1. The van der Waals surface area contributed by atoms with Crippen LogP contribution in [0, 0.1) is 5.92 Å². The number of nitrogens with two attached hydrogens (primary N) is 1. The van der Waals surface area contributed by atoms with E-state index >= 15 is 0 Å². The minimum absolute atomic E-state index is 0.0702. The zero-order valence-corrected chi connectivity index (χ0v) is 9.03. The molecule has 0 aromatic rings. The third-order valence-corrected chi connectivity index (χ3v) is 2.72. The number of hydrogen-bond donors (Lipinski definition) is 1. The first-order chi connectivity index (χ1) is 6.65. The second kappa shape index (κ2) is 5.32. The Kier molecular flexibility index (Phi) is 4.35. The molecule has 1 aliphatic rings. The van der Waals surface area contributed by atoms with Gasteiger partial charge in [-0.2, -0.15) is 0 Å². The average molecular weight is 200 g/mol. The van der Waals surface area contributed by atoms with Gasteiger partial charge in [0.05, 0.1) is 6.04 Å². The van der Waals surface area contributed by atoms with Crippen molar-refractivity contribution >= 4 is 5.91 Å². The number of amides is 1. The summed E-state index contributed by atoms with van der Waals surface area (Å²) >= 11 is 0. The average Bonchev–Trinajstić information content (AvgIpc) is 2.18. The maximum absolute atomic E-state index is 11.5. The van der Waals surface area contributed by atoms with Gasteiger partial charge < -0.3 is 15.4 Å². The van der Waals surface area contributed by atoms with Gasteiger partial charge in [0.15, 0.2) is 0 Å². The molecule has 2 N–H and O–H groups in total. The van der Waals surface area contributed by atoms with Crippen molar-refractivity contribution in [2.75, 3.05) is 26.8 Å². The summed E-state index contributed by atoms with van der Waals surface area (Å²) in [5.41, 5.74) is 5.54. The van der Waals surface area contributed by atoms with Crippen LogP contribution in [0.15, 0.2) is 0 Å². The van der Waals surface area contributed by atoms with E-state index in [1.165, 1.54) is 0 Å². The predicted molar refractivity (Wildman–Crippen MR) is 54.8 cm³/mol. The lowest BCUT2D eigenvalue weighted by Crippen LogP contribution is -2.46. The molecule has 0 aromatic carbocycles. The van der Waals surface area contributed by atoms with Crippen LogP contribution in [0.25, 0.3) is 0 Å². The Morgan fingerprint density at radius 3 is 2.57 bits per heavy atom. The Morgan fingerprint density at radius 2 is 2.14 bits per heavy atom. The van der Waals surface area contributed by atoms with Crippen LogP contribution < -0.4 is 5.73 Å². The maximum atomic E-state index is 11.5. The lowest BCUT2D eigenvalue weighted by Gasteiger charge is -2.32. The van der Waals surface area contributed by atoms with E-state index in [-0.39, 0.29) is 11.9 Å². The molecule has 1 atom stereocenters. The van der Waals surface area contributed by atoms with Crippen LogP contribution in [-0.2, 0) is 9.53 Å². The summed E-state index contributed by atoms with van der Waals surface area (Å²) < 4.78 is 5.10. The van der Waals surface area contributed by atoms with E-state index in [0.717, 1.165) is 32.5 Å². The molecule has 4 nitrogen and oxygen atoms in total. The number of likely N-dealkylation sites (tertiary alicyclic amines) is 1. The fraction of sp³-hybridized carbons (Fsp3) is 0.900. The summed E-state index contributed by atoms with van der Waals surface area (Å²) in [6.45, 7) is 4.20. The molecule has 1 saturated heterocycles. The molecule has 14 heavy (non-hydrogen) atoms. The molecule has 1 amide bonds.